The van der Waals surface area contributed by atoms with Crippen molar-refractivity contribution in [2.75, 3.05) is 5.32 Å². The Morgan fingerprint density at radius 2 is 1.60 bits per heavy atom. The summed E-state index contributed by atoms with van der Waals surface area (Å²) < 4.78 is 35.1. The lowest BCUT2D eigenvalue weighted by molar-refractivity contribution is 0.598. The quantitative estimate of drug-likeness (QED) is 0.910. The van der Waals surface area contributed by atoms with Crippen LogP contribution in [0.3, 0.4) is 0 Å². The number of anilines is 1. The van der Waals surface area contributed by atoms with Crippen LogP contribution in [-0.2, 0) is 10.0 Å². The van der Waals surface area contributed by atoms with Crippen molar-refractivity contribution in [1.82, 2.24) is 0 Å². The Morgan fingerprint density at radius 3 is 2.10 bits per heavy atom. The number of hydrogen-bond acceptors (Lipinski definition) is 3. The number of primary sulfonamides is 1. The van der Waals surface area contributed by atoms with E-state index in [2.05, 4.69) is 5.32 Å². The molecule has 0 aliphatic carbocycles. The molecule has 6 heteroatoms. The maximum atomic E-state index is 12.8. The SMILES string of the molecule is CC(Nc1ccc(S(N)(=O)=O)cc1)c1ccc(F)cc1. The molecule has 4 nitrogen and oxygen atoms in total. The lowest BCUT2D eigenvalue weighted by Crippen LogP contribution is -2.12. The van der Waals surface area contributed by atoms with Crippen molar-refractivity contribution in [2.24, 2.45) is 5.14 Å². The molecular formula is C14H15FN2O2S. The Balaban J connectivity index is 2.12. The smallest absolute Gasteiger partial charge is 0.238 e. The van der Waals surface area contributed by atoms with Crippen molar-refractivity contribution >= 4 is 15.7 Å². The fourth-order valence-corrected chi connectivity index (χ4v) is 2.34. The van der Waals surface area contributed by atoms with Crippen molar-refractivity contribution in [3.63, 3.8) is 0 Å². The maximum Gasteiger partial charge on any atom is 0.238 e. The normalized spacial score (nSPS) is 12.9. The highest BCUT2D eigenvalue weighted by atomic mass is 32.2. The van der Waals surface area contributed by atoms with Crippen LogP contribution in [0.5, 0.6) is 0 Å². The molecule has 3 N–H and O–H groups in total. The molecule has 2 aromatic rings. The second kappa shape index (κ2) is 5.60. The van der Waals surface area contributed by atoms with Crippen LogP contribution in [0.4, 0.5) is 10.1 Å². The average molecular weight is 294 g/mol. The van der Waals surface area contributed by atoms with Crippen LogP contribution in [-0.4, -0.2) is 8.42 Å². The van der Waals surface area contributed by atoms with Crippen LogP contribution < -0.4 is 10.5 Å². The predicted molar refractivity (Wildman–Crippen MR) is 76.3 cm³/mol. The minimum Gasteiger partial charge on any atom is -0.379 e. The van der Waals surface area contributed by atoms with E-state index in [1.807, 2.05) is 6.92 Å². The highest BCUT2D eigenvalue weighted by Gasteiger charge is 2.08. The molecule has 20 heavy (non-hydrogen) atoms. The summed E-state index contributed by atoms with van der Waals surface area (Å²) in [7, 11) is -3.67. The highest BCUT2D eigenvalue weighted by Crippen LogP contribution is 2.20. The first-order chi connectivity index (χ1) is 9.36. The van der Waals surface area contributed by atoms with Gasteiger partial charge in [-0.2, -0.15) is 0 Å². The third-order valence-electron chi connectivity index (χ3n) is 2.94. The number of rotatable bonds is 4. The van der Waals surface area contributed by atoms with Crippen molar-refractivity contribution in [3.8, 4) is 0 Å². The Morgan fingerprint density at radius 1 is 1.05 bits per heavy atom. The van der Waals surface area contributed by atoms with Gasteiger partial charge in [-0.15, -0.1) is 0 Å². The van der Waals surface area contributed by atoms with E-state index >= 15 is 0 Å². The van der Waals surface area contributed by atoms with E-state index in [-0.39, 0.29) is 16.8 Å². The maximum absolute atomic E-state index is 12.8. The van der Waals surface area contributed by atoms with E-state index < -0.39 is 10.0 Å². The Kier molecular flexibility index (Phi) is 4.06. The zero-order chi connectivity index (χ0) is 14.8. The minimum atomic E-state index is -3.67. The predicted octanol–water partition coefficient (Wildman–Crippen LogP) is 2.65. The zero-order valence-corrected chi connectivity index (χ0v) is 11.7. The number of benzene rings is 2. The van der Waals surface area contributed by atoms with Gasteiger partial charge in [0.25, 0.3) is 0 Å². The van der Waals surface area contributed by atoms with E-state index in [0.29, 0.717) is 0 Å². The van der Waals surface area contributed by atoms with Crippen LogP contribution >= 0.6 is 0 Å². The third-order valence-corrected chi connectivity index (χ3v) is 3.87. The van der Waals surface area contributed by atoms with E-state index in [4.69, 9.17) is 5.14 Å². The van der Waals surface area contributed by atoms with Gasteiger partial charge in [-0.3, -0.25) is 0 Å². The molecule has 0 aliphatic rings. The van der Waals surface area contributed by atoms with Gasteiger partial charge in [-0.25, -0.2) is 17.9 Å². The lowest BCUT2D eigenvalue weighted by Gasteiger charge is -2.16. The molecule has 0 saturated heterocycles. The summed E-state index contributed by atoms with van der Waals surface area (Å²) in [4.78, 5) is 0.0671. The van der Waals surface area contributed by atoms with Gasteiger partial charge in [-0.1, -0.05) is 12.1 Å². The summed E-state index contributed by atoms with van der Waals surface area (Å²) >= 11 is 0. The monoisotopic (exact) mass is 294 g/mol. The van der Waals surface area contributed by atoms with Crippen LogP contribution in [0.1, 0.15) is 18.5 Å². The van der Waals surface area contributed by atoms with E-state index in [1.165, 1.54) is 24.3 Å². The molecular weight excluding hydrogens is 279 g/mol. The van der Waals surface area contributed by atoms with Gasteiger partial charge < -0.3 is 5.32 Å². The molecule has 0 saturated carbocycles. The molecule has 0 radical (unpaired) electrons. The van der Waals surface area contributed by atoms with Crippen LogP contribution in [0.25, 0.3) is 0 Å². The van der Waals surface area contributed by atoms with Gasteiger partial charge in [0, 0.05) is 11.7 Å². The average Bonchev–Trinajstić information content (AvgIpc) is 2.39. The van der Waals surface area contributed by atoms with Gasteiger partial charge >= 0.3 is 0 Å². The number of nitrogens with two attached hydrogens (primary N) is 1. The molecule has 0 fully saturated rings. The fourth-order valence-electron chi connectivity index (χ4n) is 1.83. The molecule has 1 atom stereocenters. The molecule has 1 unspecified atom stereocenters. The standard InChI is InChI=1S/C14H15FN2O2S/c1-10(11-2-4-12(15)5-3-11)17-13-6-8-14(9-7-13)20(16,18)19/h2-10,17H,1H3,(H2,16,18,19). The second-order valence-electron chi connectivity index (χ2n) is 4.49. The summed E-state index contributed by atoms with van der Waals surface area (Å²) in [5, 5.41) is 8.23. The number of nitrogens with one attached hydrogen (secondary N) is 1. The number of halogens is 1. The number of sulfonamides is 1. The summed E-state index contributed by atoms with van der Waals surface area (Å²) in [5.74, 6) is -0.279. The van der Waals surface area contributed by atoms with Crippen LogP contribution in [0.15, 0.2) is 53.4 Å². The topological polar surface area (TPSA) is 72.2 Å². The molecule has 0 heterocycles. The lowest BCUT2D eigenvalue weighted by atomic mass is 10.1. The van der Waals surface area contributed by atoms with Gasteiger partial charge in [0.2, 0.25) is 10.0 Å². The van der Waals surface area contributed by atoms with E-state index in [0.717, 1.165) is 11.3 Å². The Bertz CT molecular complexity index is 682. The summed E-state index contributed by atoms with van der Waals surface area (Å²) in [6, 6.07) is 12.3. The molecule has 0 amide bonds. The highest BCUT2D eigenvalue weighted by molar-refractivity contribution is 7.89. The van der Waals surface area contributed by atoms with Crippen molar-refractivity contribution < 1.29 is 12.8 Å². The summed E-state index contributed by atoms with van der Waals surface area (Å²) in [6.45, 7) is 1.93. The van der Waals surface area contributed by atoms with Gasteiger partial charge in [0.1, 0.15) is 5.82 Å². The van der Waals surface area contributed by atoms with E-state index in [1.54, 1.807) is 24.3 Å². The largest absolute Gasteiger partial charge is 0.379 e. The molecule has 106 valence electrons. The van der Waals surface area contributed by atoms with Crippen molar-refractivity contribution in [1.29, 1.82) is 0 Å². The summed E-state index contributed by atoms with van der Waals surface area (Å²) in [5.41, 5.74) is 1.69. The first-order valence-electron chi connectivity index (χ1n) is 6.01. The second-order valence-corrected chi connectivity index (χ2v) is 6.05. The van der Waals surface area contributed by atoms with Gasteiger partial charge in [0.15, 0.2) is 0 Å². The Labute approximate surface area is 117 Å². The van der Waals surface area contributed by atoms with Crippen molar-refractivity contribution in [2.45, 2.75) is 17.9 Å². The molecule has 0 aromatic heterocycles. The van der Waals surface area contributed by atoms with Crippen molar-refractivity contribution in [3.05, 3.63) is 59.9 Å². The first kappa shape index (κ1) is 14.5. The Hall–Kier alpha value is -1.92. The van der Waals surface area contributed by atoms with Crippen LogP contribution in [0, 0.1) is 5.82 Å². The molecule has 2 rings (SSSR count). The zero-order valence-electron chi connectivity index (χ0n) is 10.9. The molecule has 2 aromatic carbocycles. The fraction of sp³-hybridized carbons (Fsp3) is 0.143. The first-order valence-corrected chi connectivity index (χ1v) is 7.56. The van der Waals surface area contributed by atoms with Gasteiger partial charge in [-0.05, 0) is 48.9 Å². The van der Waals surface area contributed by atoms with Crippen LogP contribution in [0.2, 0.25) is 0 Å². The molecule has 0 aliphatic heterocycles. The molecule has 0 spiro atoms. The number of hydrogen-bond donors (Lipinski definition) is 2. The van der Waals surface area contributed by atoms with E-state index in [9.17, 15) is 12.8 Å². The molecule has 0 bridgehead atoms. The van der Waals surface area contributed by atoms with Gasteiger partial charge in [0.05, 0.1) is 4.90 Å². The third kappa shape index (κ3) is 3.55. The minimum absolute atomic E-state index is 0.0315. The summed E-state index contributed by atoms with van der Waals surface area (Å²) in [6.07, 6.45) is 0.